The first-order valence-corrected chi connectivity index (χ1v) is 7.62. The third-order valence-electron chi connectivity index (χ3n) is 3.53. The Morgan fingerprint density at radius 1 is 1.53 bits per heavy atom. The molecule has 2 saturated heterocycles. The maximum absolute atomic E-state index is 11.1. The number of likely N-dealkylation sites (tertiary alicyclic amines) is 1. The molecule has 0 radical (unpaired) electrons. The first-order chi connectivity index (χ1) is 6.91. The monoisotopic (exact) mass is 253 g/mol. The van der Waals surface area contributed by atoms with Gasteiger partial charge in [-0.2, -0.15) is 0 Å². The van der Waals surface area contributed by atoms with Crippen molar-refractivity contribution in [2.75, 3.05) is 32.5 Å². The normalized spacial score (nSPS) is 37.9. The number of hydrogen-bond acceptors (Lipinski definition) is 4. The smallest absolute Gasteiger partial charge is 0.235 e. The summed E-state index contributed by atoms with van der Waals surface area (Å²) in [5.41, 5.74) is 0.0245. The summed E-state index contributed by atoms with van der Waals surface area (Å²) in [5, 5.41) is 0. The highest BCUT2D eigenvalue weighted by Crippen LogP contribution is 2.43. The molecule has 2 aliphatic rings. The van der Waals surface area contributed by atoms with Crippen LogP contribution >= 0.6 is 10.7 Å². The second-order valence-electron chi connectivity index (χ2n) is 4.67. The summed E-state index contributed by atoms with van der Waals surface area (Å²) in [4.78, 5) is 2.22. The van der Waals surface area contributed by atoms with Gasteiger partial charge in [-0.05, 0) is 26.4 Å². The Morgan fingerprint density at radius 3 is 2.80 bits per heavy atom. The third-order valence-corrected chi connectivity index (χ3v) is 4.61. The van der Waals surface area contributed by atoms with Crippen molar-refractivity contribution in [2.24, 2.45) is 5.41 Å². The lowest BCUT2D eigenvalue weighted by Gasteiger charge is -2.28. The minimum absolute atomic E-state index is 0.0245. The Hall–Kier alpha value is 0.160. The van der Waals surface area contributed by atoms with Gasteiger partial charge in [-0.15, -0.1) is 0 Å². The Kier molecular flexibility index (Phi) is 3.01. The topological polar surface area (TPSA) is 46.6 Å². The predicted molar refractivity (Wildman–Crippen MR) is 58.5 cm³/mol. The van der Waals surface area contributed by atoms with Gasteiger partial charge in [0.2, 0.25) is 9.05 Å². The van der Waals surface area contributed by atoms with E-state index in [1.54, 1.807) is 0 Å². The molecule has 88 valence electrons. The van der Waals surface area contributed by atoms with Gasteiger partial charge in [0.15, 0.2) is 0 Å². The van der Waals surface area contributed by atoms with E-state index in [9.17, 15) is 8.42 Å². The number of halogens is 1. The Balaban J connectivity index is 2.12. The molecule has 6 heteroatoms. The van der Waals surface area contributed by atoms with Crippen LogP contribution in [0.2, 0.25) is 0 Å². The van der Waals surface area contributed by atoms with Crippen molar-refractivity contribution in [1.82, 2.24) is 4.90 Å². The maximum Gasteiger partial charge on any atom is 0.235 e. The van der Waals surface area contributed by atoms with Crippen molar-refractivity contribution in [2.45, 2.75) is 18.9 Å². The number of nitrogens with zero attached hydrogens (tertiary/aromatic N) is 1. The summed E-state index contributed by atoms with van der Waals surface area (Å²) < 4.78 is 27.7. The summed E-state index contributed by atoms with van der Waals surface area (Å²) in [7, 11) is 3.88. The molecule has 4 nitrogen and oxygen atoms in total. The van der Waals surface area contributed by atoms with Gasteiger partial charge in [-0.25, -0.2) is 8.42 Å². The highest BCUT2D eigenvalue weighted by Gasteiger charge is 2.48. The molecule has 2 rings (SSSR count). The van der Waals surface area contributed by atoms with Crippen LogP contribution in [0.25, 0.3) is 0 Å². The minimum atomic E-state index is -3.46. The third kappa shape index (κ3) is 2.46. The van der Waals surface area contributed by atoms with Crippen LogP contribution in [-0.4, -0.2) is 51.9 Å². The van der Waals surface area contributed by atoms with Crippen LogP contribution in [0.1, 0.15) is 12.8 Å². The van der Waals surface area contributed by atoms with Gasteiger partial charge in [0, 0.05) is 29.2 Å². The quantitative estimate of drug-likeness (QED) is 0.679. The SMILES string of the molecule is CN1CCC2(CCOC2CS(=O)(=O)Cl)C1. The zero-order chi connectivity index (χ0) is 11.1. The summed E-state index contributed by atoms with van der Waals surface area (Å²) >= 11 is 0. The fourth-order valence-electron chi connectivity index (χ4n) is 2.72. The van der Waals surface area contributed by atoms with Crippen LogP contribution < -0.4 is 0 Å². The average molecular weight is 254 g/mol. The van der Waals surface area contributed by atoms with Gasteiger partial charge < -0.3 is 9.64 Å². The summed E-state index contributed by atoms with van der Waals surface area (Å²) in [6.07, 6.45) is 1.75. The molecule has 1 spiro atoms. The molecule has 0 aliphatic carbocycles. The second-order valence-corrected chi connectivity index (χ2v) is 7.49. The van der Waals surface area contributed by atoms with Gasteiger partial charge >= 0.3 is 0 Å². The van der Waals surface area contributed by atoms with Gasteiger partial charge in [-0.1, -0.05) is 0 Å². The van der Waals surface area contributed by atoms with E-state index in [-0.39, 0.29) is 17.3 Å². The van der Waals surface area contributed by atoms with Crippen LogP contribution in [0.3, 0.4) is 0 Å². The average Bonchev–Trinajstić information content (AvgIpc) is 2.60. The van der Waals surface area contributed by atoms with Crippen molar-refractivity contribution < 1.29 is 13.2 Å². The molecule has 0 aromatic rings. The number of rotatable bonds is 2. The molecule has 0 N–H and O–H groups in total. The number of hydrogen-bond donors (Lipinski definition) is 0. The molecule has 2 fully saturated rings. The largest absolute Gasteiger partial charge is 0.376 e. The minimum Gasteiger partial charge on any atom is -0.376 e. The van der Waals surface area contributed by atoms with Crippen LogP contribution in [-0.2, 0) is 13.8 Å². The fraction of sp³-hybridized carbons (Fsp3) is 1.00. The summed E-state index contributed by atoms with van der Waals surface area (Å²) in [6.45, 7) is 2.59. The van der Waals surface area contributed by atoms with Crippen molar-refractivity contribution in [3.8, 4) is 0 Å². The molecule has 2 atom stereocenters. The van der Waals surface area contributed by atoms with Crippen molar-refractivity contribution in [1.29, 1.82) is 0 Å². The van der Waals surface area contributed by atoms with E-state index in [1.165, 1.54) is 0 Å². The van der Waals surface area contributed by atoms with Crippen molar-refractivity contribution >= 4 is 19.7 Å². The molecule has 2 heterocycles. The molecule has 2 unspecified atom stereocenters. The highest BCUT2D eigenvalue weighted by molar-refractivity contribution is 8.13. The van der Waals surface area contributed by atoms with Gasteiger partial charge in [0.25, 0.3) is 0 Å². The molecule has 0 bridgehead atoms. The molecular weight excluding hydrogens is 238 g/mol. The van der Waals surface area contributed by atoms with E-state index in [4.69, 9.17) is 15.4 Å². The zero-order valence-corrected chi connectivity index (χ0v) is 10.4. The lowest BCUT2D eigenvalue weighted by Crippen LogP contribution is -2.37. The fourth-order valence-corrected chi connectivity index (χ4v) is 3.88. The van der Waals surface area contributed by atoms with Crippen LogP contribution in [0.5, 0.6) is 0 Å². The van der Waals surface area contributed by atoms with Gasteiger partial charge in [0.1, 0.15) is 0 Å². The van der Waals surface area contributed by atoms with E-state index in [2.05, 4.69) is 11.9 Å². The lowest BCUT2D eigenvalue weighted by molar-refractivity contribution is 0.0710. The predicted octanol–water partition coefficient (Wildman–Crippen LogP) is 0.666. The van der Waals surface area contributed by atoms with Crippen LogP contribution in [0.4, 0.5) is 0 Å². The lowest BCUT2D eigenvalue weighted by atomic mass is 9.81. The summed E-state index contributed by atoms with van der Waals surface area (Å²) in [6, 6.07) is 0. The summed E-state index contributed by atoms with van der Waals surface area (Å²) in [5.74, 6) is -0.0532. The molecule has 0 aromatic carbocycles. The molecule has 15 heavy (non-hydrogen) atoms. The van der Waals surface area contributed by atoms with Gasteiger partial charge in [0.05, 0.1) is 11.9 Å². The first kappa shape index (κ1) is 11.6. The molecule has 2 aliphatic heterocycles. The van der Waals surface area contributed by atoms with E-state index in [0.717, 1.165) is 25.9 Å². The Morgan fingerprint density at radius 2 is 2.27 bits per heavy atom. The first-order valence-electron chi connectivity index (χ1n) is 5.14. The maximum atomic E-state index is 11.1. The second kappa shape index (κ2) is 3.87. The van der Waals surface area contributed by atoms with E-state index < -0.39 is 9.05 Å². The van der Waals surface area contributed by atoms with Crippen molar-refractivity contribution in [3.05, 3.63) is 0 Å². The number of ether oxygens (including phenoxy) is 1. The van der Waals surface area contributed by atoms with Crippen LogP contribution in [0.15, 0.2) is 0 Å². The van der Waals surface area contributed by atoms with Crippen molar-refractivity contribution in [3.63, 3.8) is 0 Å². The molecule has 0 amide bonds. The van der Waals surface area contributed by atoms with E-state index >= 15 is 0 Å². The molecular formula is C9H16ClNO3S. The Bertz CT molecular complexity index is 345. The molecule has 0 aromatic heterocycles. The molecule has 0 saturated carbocycles. The Labute approximate surface area is 95.0 Å². The van der Waals surface area contributed by atoms with E-state index in [1.807, 2.05) is 0 Å². The van der Waals surface area contributed by atoms with E-state index in [0.29, 0.717) is 6.61 Å². The van der Waals surface area contributed by atoms with Crippen LogP contribution in [0, 0.1) is 5.41 Å². The zero-order valence-electron chi connectivity index (χ0n) is 8.78. The standard InChI is InChI=1S/C9H16ClNO3S/c1-11-4-2-9(7-11)3-5-14-8(9)6-15(10,12)13/h8H,2-7H2,1H3. The highest BCUT2D eigenvalue weighted by atomic mass is 35.7. The van der Waals surface area contributed by atoms with Gasteiger partial charge in [-0.3, -0.25) is 0 Å².